The second kappa shape index (κ2) is 5.48. The number of nitrogen functional groups attached to an aromatic ring is 1. The number of amides is 1. The van der Waals surface area contributed by atoms with Gasteiger partial charge in [-0.3, -0.25) is 4.79 Å². The monoisotopic (exact) mass is 263 g/mol. The van der Waals surface area contributed by atoms with Crippen LogP contribution in [-0.4, -0.2) is 38.3 Å². The van der Waals surface area contributed by atoms with E-state index in [1.807, 2.05) is 13.0 Å². The number of morpholine rings is 1. The Balaban J connectivity index is 2.34. The highest BCUT2D eigenvalue weighted by atomic mass is 16.5. The lowest BCUT2D eigenvalue weighted by Crippen LogP contribution is -2.47. The van der Waals surface area contributed by atoms with E-state index in [2.05, 4.69) is 17.1 Å². The van der Waals surface area contributed by atoms with Crippen LogP contribution in [-0.2, 0) is 4.74 Å². The SMILES string of the molecule is CNC(=O)c1ccc(N)c(N2CC(C)OCC2C)c1. The van der Waals surface area contributed by atoms with Gasteiger partial charge in [-0.15, -0.1) is 0 Å². The molecule has 0 aliphatic carbocycles. The average molecular weight is 263 g/mol. The van der Waals surface area contributed by atoms with Crippen molar-refractivity contribution in [3.8, 4) is 0 Å². The fourth-order valence-corrected chi connectivity index (χ4v) is 2.32. The van der Waals surface area contributed by atoms with Crippen molar-refractivity contribution < 1.29 is 9.53 Å². The first kappa shape index (κ1) is 13.7. The van der Waals surface area contributed by atoms with E-state index in [1.165, 1.54) is 0 Å². The summed E-state index contributed by atoms with van der Waals surface area (Å²) in [4.78, 5) is 13.9. The summed E-state index contributed by atoms with van der Waals surface area (Å²) in [6.45, 7) is 5.59. The Morgan fingerprint density at radius 2 is 2.21 bits per heavy atom. The molecule has 2 atom stereocenters. The molecule has 1 aromatic carbocycles. The Bertz CT molecular complexity index is 476. The molecule has 0 aromatic heterocycles. The number of carbonyl (C=O) groups is 1. The molecule has 1 fully saturated rings. The molecule has 1 aromatic rings. The molecule has 104 valence electrons. The van der Waals surface area contributed by atoms with Gasteiger partial charge in [-0.05, 0) is 32.0 Å². The van der Waals surface area contributed by atoms with Gasteiger partial charge >= 0.3 is 0 Å². The highest BCUT2D eigenvalue weighted by Crippen LogP contribution is 2.28. The van der Waals surface area contributed by atoms with Crippen LogP contribution >= 0.6 is 0 Å². The molecule has 1 heterocycles. The molecule has 1 aliphatic rings. The molecule has 2 unspecified atom stereocenters. The first-order chi connectivity index (χ1) is 9.02. The lowest BCUT2D eigenvalue weighted by molar-refractivity contribution is 0.0344. The summed E-state index contributed by atoms with van der Waals surface area (Å²) in [5, 5.41) is 2.63. The maximum atomic E-state index is 11.7. The maximum Gasteiger partial charge on any atom is 0.251 e. The second-order valence-corrected chi connectivity index (χ2v) is 5.00. The van der Waals surface area contributed by atoms with Gasteiger partial charge in [-0.2, -0.15) is 0 Å². The smallest absolute Gasteiger partial charge is 0.251 e. The minimum Gasteiger partial charge on any atom is -0.397 e. The zero-order valence-electron chi connectivity index (χ0n) is 11.6. The molecule has 0 radical (unpaired) electrons. The van der Waals surface area contributed by atoms with Crippen LogP contribution in [0.3, 0.4) is 0 Å². The normalized spacial score (nSPS) is 23.2. The first-order valence-electron chi connectivity index (χ1n) is 6.52. The molecule has 2 rings (SSSR count). The van der Waals surface area contributed by atoms with Gasteiger partial charge < -0.3 is 20.7 Å². The van der Waals surface area contributed by atoms with Crippen LogP contribution in [0.5, 0.6) is 0 Å². The Morgan fingerprint density at radius 1 is 1.47 bits per heavy atom. The quantitative estimate of drug-likeness (QED) is 0.788. The summed E-state index contributed by atoms with van der Waals surface area (Å²) in [5.41, 5.74) is 8.27. The van der Waals surface area contributed by atoms with Crippen LogP contribution in [0.4, 0.5) is 11.4 Å². The lowest BCUT2D eigenvalue weighted by atomic mass is 10.1. The minimum absolute atomic E-state index is 0.102. The van der Waals surface area contributed by atoms with E-state index < -0.39 is 0 Å². The van der Waals surface area contributed by atoms with Gasteiger partial charge in [0.15, 0.2) is 0 Å². The number of hydrogen-bond donors (Lipinski definition) is 2. The van der Waals surface area contributed by atoms with Crippen LogP contribution in [0.15, 0.2) is 18.2 Å². The predicted octanol–water partition coefficient (Wildman–Crippen LogP) is 1.24. The Morgan fingerprint density at radius 3 is 2.89 bits per heavy atom. The summed E-state index contributed by atoms with van der Waals surface area (Å²) < 4.78 is 5.62. The fraction of sp³-hybridized carbons (Fsp3) is 0.500. The van der Waals surface area contributed by atoms with Crippen LogP contribution in [0, 0.1) is 0 Å². The molecule has 5 heteroatoms. The van der Waals surface area contributed by atoms with E-state index >= 15 is 0 Å². The first-order valence-corrected chi connectivity index (χ1v) is 6.52. The van der Waals surface area contributed by atoms with Gasteiger partial charge in [0.1, 0.15) is 0 Å². The Hall–Kier alpha value is -1.75. The third kappa shape index (κ3) is 2.81. The summed E-state index contributed by atoms with van der Waals surface area (Å²) in [7, 11) is 1.62. The number of nitrogens with two attached hydrogens (primary N) is 1. The summed E-state index contributed by atoms with van der Waals surface area (Å²) in [6, 6.07) is 5.63. The number of ether oxygens (including phenoxy) is 1. The van der Waals surface area contributed by atoms with Gasteiger partial charge in [0.25, 0.3) is 5.91 Å². The van der Waals surface area contributed by atoms with Gasteiger partial charge in [0.2, 0.25) is 0 Å². The third-order valence-corrected chi connectivity index (χ3v) is 3.44. The zero-order valence-corrected chi connectivity index (χ0v) is 11.6. The molecule has 0 spiro atoms. The van der Waals surface area contributed by atoms with Crippen LogP contribution in [0.25, 0.3) is 0 Å². The number of nitrogens with zero attached hydrogens (tertiary/aromatic N) is 1. The minimum atomic E-state index is -0.102. The number of rotatable bonds is 2. The number of benzene rings is 1. The summed E-state index contributed by atoms with van der Waals surface area (Å²) in [6.07, 6.45) is 0.166. The van der Waals surface area contributed by atoms with Crippen LogP contribution in [0.2, 0.25) is 0 Å². The van der Waals surface area contributed by atoms with Crippen molar-refractivity contribution in [3.63, 3.8) is 0 Å². The van der Waals surface area contributed by atoms with Gasteiger partial charge in [-0.1, -0.05) is 0 Å². The van der Waals surface area contributed by atoms with Crippen molar-refractivity contribution >= 4 is 17.3 Å². The molecule has 3 N–H and O–H groups in total. The van der Waals surface area contributed by atoms with Gasteiger partial charge in [-0.25, -0.2) is 0 Å². The zero-order chi connectivity index (χ0) is 14.0. The second-order valence-electron chi connectivity index (χ2n) is 5.00. The Kier molecular flexibility index (Phi) is 3.95. The Labute approximate surface area is 113 Å². The van der Waals surface area contributed by atoms with Crippen LogP contribution in [0.1, 0.15) is 24.2 Å². The largest absolute Gasteiger partial charge is 0.397 e. The topological polar surface area (TPSA) is 67.6 Å². The lowest BCUT2D eigenvalue weighted by Gasteiger charge is -2.39. The number of anilines is 2. The molecule has 0 bridgehead atoms. The number of hydrogen-bond acceptors (Lipinski definition) is 4. The molecule has 0 saturated carbocycles. The maximum absolute atomic E-state index is 11.7. The standard InChI is InChI=1S/C14H21N3O2/c1-9-8-19-10(2)7-17(9)13-6-11(14(18)16-3)4-5-12(13)15/h4-6,9-10H,7-8,15H2,1-3H3,(H,16,18). The van der Waals surface area contributed by atoms with Crippen LogP contribution < -0.4 is 16.0 Å². The van der Waals surface area contributed by atoms with Gasteiger partial charge in [0.05, 0.1) is 24.1 Å². The summed E-state index contributed by atoms with van der Waals surface area (Å²) in [5.74, 6) is -0.102. The molecule has 1 saturated heterocycles. The van der Waals surface area contributed by atoms with E-state index in [1.54, 1.807) is 19.2 Å². The molecular weight excluding hydrogens is 242 g/mol. The van der Waals surface area contributed by atoms with Crippen molar-refractivity contribution in [2.75, 3.05) is 30.8 Å². The van der Waals surface area contributed by atoms with E-state index in [0.29, 0.717) is 17.9 Å². The van der Waals surface area contributed by atoms with Crippen molar-refractivity contribution in [2.24, 2.45) is 0 Å². The highest BCUT2D eigenvalue weighted by molar-refractivity contribution is 5.96. The van der Waals surface area contributed by atoms with Crippen molar-refractivity contribution in [2.45, 2.75) is 26.0 Å². The molecule has 1 aliphatic heterocycles. The van der Waals surface area contributed by atoms with Crippen molar-refractivity contribution in [1.29, 1.82) is 0 Å². The molecule has 5 nitrogen and oxygen atoms in total. The predicted molar refractivity (Wildman–Crippen MR) is 76.5 cm³/mol. The molecule has 1 amide bonds. The van der Waals surface area contributed by atoms with Crippen molar-refractivity contribution in [1.82, 2.24) is 5.32 Å². The molecule has 19 heavy (non-hydrogen) atoms. The van der Waals surface area contributed by atoms with E-state index in [0.717, 1.165) is 12.2 Å². The van der Waals surface area contributed by atoms with Gasteiger partial charge in [0, 0.05) is 25.2 Å². The van der Waals surface area contributed by atoms with E-state index in [4.69, 9.17) is 10.5 Å². The molecular formula is C14H21N3O2. The summed E-state index contributed by atoms with van der Waals surface area (Å²) >= 11 is 0. The van der Waals surface area contributed by atoms with Crippen molar-refractivity contribution in [3.05, 3.63) is 23.8 Å². The third-order valence-electron chi connectivity index (χ3n) is 3.44. The fourth-order valence-electron chi connectivity index (χ4n) is 2.32. The van der Waals surface area contributed by atoms with E-state index in [9.17, 15) is 4.79 Å². The highest BCUT2D eigenvalue weighted by Gasteiger charge is 2.25. The number of nitrogens with one attached hydrogen (secondary N) is 1. The number of carbonyl (C=O) groups excluding carboxylic acids is 1. The van der Waals surface area contributed by atoms with E-state index in [-0.39, 0.29) is 18.1 Å². The average Bonchev–Trinajstić information content (AvgIpc) is 2.41.